The van der Waals surface area contributed by atoms with Crippen molar-refractivity contribution in [3.8, 4) is 0 Å². The average molecular weight is 431 g/mol. The second-order valence-corrected chi connectivity index (χ2v) is 10.2. The van der Waals surface area contributed by atoms with E-state index in [1.165, 1.54) is 43.4 Å². The number of hydrogen-bond acceptors (Lipinski definition) is 5. The summed E-state index contributed by atoms with van der Waals surface area (Å²) in [4.78, 5) is 19.3. The molecule has 2 saturated heterocycles. The molecule has 1 aliphatic carbocycles. The molecule has 3 atom stereocenters. The molecular formula is C23H34N4O2S. The number of rotatable bonds is 5. The van der Waals surface area contributed by atoms with Gasteiger partial charge in [0.2, 0.25) is 5.91 Å². The summed E-state index contributed by atoms with van der Waals surface area (Å²) in [6, 6.07) is 0.505. The molecule has 6 nitrogen and oxygen atoms in total. The zero-order chi connectivity index (χ0) is 20.3. The van der Waals surface area contributed by atoms with Gasteiger partial charge >= 0.3 is 0 Å². The van der Waals surface area contributed by atoms with E-state index in [2.05, 4.69) is 27.2 Å². The van der Waals surface area contributed by atoms with Gasteiger partial charge in [-0.3, -0.25) is 14.4 Å². The highest BCUT2D eigenvalue weighted by molar-refractivity contribution is 8.08. The predicted octanol–water partition coefficient (Wildman–Crippen LogP) is 3.10. The van der Waals surface area contributed by atoms with Crippen molar-refractivity contribution >= 4 is 22.6 Å². The fourth-order valence-electron chi connectivity index (χ4n) is 5.57. The van der Waals surface area contributed by atoms with Crippen molar-refractivity contribution in [2.24, 2.45) is 11.8 Å². The first kappa shape index (κ1) is 20.6. The molecule has 1 aromatic rings. The first-order valence-corrected chi connectivity index (χ1v) is 12.7. The summed E-state index contributed by atoms with van der Waals surface area (Å²) in [5.41, 5.74) is 1.16. The number of fused-ring (bicyclic) bond motifs is 1. The lowest BCUT2D eigenvalue weighted by Gasteiger charge is -2.44. The number of morpholine rings is 1. The lowest BCUT2D eigenvalue weighted by atomic mass is 9.78. The Morgan fingerprint density at radius 2 is 1.93 bits per heavy atom. The molecule has 4 heterocycles. The highest BCUT2D eigenvalue weighted by Gasteiger charge is 2.38. The van der Waals surface area contributed by atoms with Gasteiger partial charge in [-0.1, -0.05) is 18.9 Å². The molecule has 0 aromatic carbocycles. The smallest absolute Gasteiger partial charge is 0.230 e. The van der Waals surface area contributed by atoms with E-state index in [4.69, 9.17) is 4.74 Å². The Kier molecular flexibility index (Phi) is 6.48. The van der Waals surface area contributed by atoms with Crippen LogP contribution in [-0.2, 0) is 16.1 Å². The van der Waals surface area contributed by atoms with Crippen LogP contribution in [-0.4, -0.2) is 76.7 Å². The van der Waals surface area contributed by atoms with Gasteiger partial charge in [0.25, 0.3) is 0 Å². The van der Waals surface area contributed by atoms with E-state index in [0.717, 1.165) is 63.2 Å². The van der Waals surface area contributed by atoms with Gasteiger partial charge in [-0.15, -0.1) is 11.8 Å². The Morgan fingerprint density at radius 3 is 2.83 bits per heavy atom. The fraction of sp³-hybridized carbons (Fsp3) is 0.739. The van der Waals surface area contributed by atoms with Crippen LogP contribution in [0.2, 0.25) is 0 Å². The van der Waals surface area contributed by atoms with Gasteiger partial charge in [0.15, 0.2) is 0 Å². The molecule has 1 saturated carbocycles. The van der Waals surface area contributed by atoms with E-state index in [0.29, 0.717) is 11.9 Å². The largest absolute Gasteiger partial charge is 0.379 e. The van der Waals surface area contributed by atoms with Gasteiger partial charge in [0, 0.05) is 54.6 Å². The molecule has 0 radical (unpaired) electrons. The molecular weight excluding hydrogens is 396 g/mol. The topological polar surface area (TPSA) is 50.6 Å². The molecule has 0 spiro atoms. The van der Waals surface area contributed by atoms with Gasteiger partial charge in [-0.25, -0.2) is 0 Å². The summed E-state index contributed by atoms with van der Waals surface area (Å²) in [6.07, 6.45) is 14.0. The van der Waals surface area contributed by atoms with Crippen LogP contribution in [0.25, 0.3) is 4.91 Å². The second-order valence-electron chi connectivity index (χ2n) is 9.18. The summed E-state index contributed by atoms with van der Waals surface area (Å²) in [6.45, 7) is 6.56. The van der Waals surface area contributed by atoms with E-state index >= 15 is 0 Å². The van der Waals surface area contributed by atoms with E-state index in [-0.39, 0.29) is 5.92 Å². The lowest BCUT2D eigenvalue weighted by molar-refractivity contribution is -0.139. The van der Waals surface area contributed by atoms with E-state index in [1.807, 2.05) is 22.6 Å². The van der Waals surface area contributed by atoms with Crippen LogP contribution in [0.4, 0.5) is 0 Å². The maximum atomic E-state index is 13.3. The molecule has 3 fully saturated rings. The van der Waals surface area contributed by atoms with Crippen molar-refractivity contribution in [2.75, 3.05) is 45.1 Å². The zero-order valence-electron chi connectivity index (χ0n) is 17.9. The highest BCUT2D eigenvalue weighted by atomic mass is 32.2. The first-order chi connectivity index (χ1) is 14.8. The molecule has 4 aliphatic rings. The van der Waals surface area contributed by atoms with Crippen LogP contribution in [0.15, 0.2) is 18.5 Å². The number of carbonyl (C=O) groups excluding carboxylic acids is 1. The van der Waals surface area contributed by atoms with Crippen molar-refractivity contribution in [1.82, 2.24) is 19.6 Å². The number of likely N-dealkylation sites (tertiary alicyclic amines) is 1. The van der Waals surface area contributed by atoms with Crippen molar-refractivity contribution in [3.05, 3.63) is 24.0 Å². The number of amides is 1. The van der Waals surface area contributed by atoms with Crippen molar-refractivity contribution in [3.63, 3.8) is 0 Å². The predicted molar refractivity (Wildman–Crippen MR) is 120 cm³/mol. The molecule has 3 aliphatic heterocycles. The number of ether oxygens (including phenoxy) is 1. The Bertz CT molecular complexity index is 771. The Morgan fingerprint density at radius 1 is 1.10 bits per heavy atom. The van der Waals surface area contributed by atoms with Gasteiger partial charge in [0.1, 0.15) is 0 Å². The number of nitrogens with zero attached hydrogens (tertiary/aromatic N) is 4. The Balaban J connectivity index is 1.19. The van der Waals surface area contributed by atoms with Crippen LogP contribution >= 0.6 is 11.8 Å². The summed E-state index contributed by atoms with van der Waals surface area (Å²) in [7, 11) is 0. The highest BCUT2D eigenvalue weighted by Crippen LogP contribution is 2.40. The normalized spacial score (nSPS) is 30.2. The summed E-state index contributed by atoms with van der Waals surface area (Å²) in [5, 5.41) is 4.57. The van der Waals surface area contributed by atoms with Crippen molar-refractivity contribution < 1.29 is 9.53 Å². The third-order valence-corrected chi connectivity index (χ3v) is 8.49. The van der Waals surface area contributed by atoms with Gasteiger partial charge < -0.3 is 9.64 Å². The number of aromatic nitrogens is 2. The van der Waals surface area contributed by atoms with E-state index < -0.39 is 0 Å². The number of thioether (sulfide) groups is 1. The molecule has 0 N–H and O–H groups in total. The minimum absolute atomic E-state index is 0.0300. The maximum Gasteiger partial charge on any atom is 0.230 e. The number of carbonyl (C=O) groups is 1. The number of piperidine rings is 1. The van der Waals surface area contributed by atoms with E-state index in [1.54, 1.807) is 0 Å². The SMILES string of the molecule is O=C(C1C=C(c2cnn(CCN3CCOCC3)c2)SC1)N1CCCC2CCCCC21. The molecule has 1 amide bonds. The molecule has 7 heteroatoms. The maximum absolute atomic E-state index is 13.3. The standard InChI is InChI=1S/C23H34N4O2S/c28-23(27-7-3-5-18-4-1-2-6-21(18)27)19-14-22(30-17-19)20-15-24-26(16-20)9-8-25-10-12-29-13-11-25/h14-16,18-19,21H,1-13,17H2. The lowest BCUT2D eigenvalue weighted by Crippen LogP contribution is -2.51. The van der Waals surface area contributed by atoms with Crippen molar-refractivity contribution in [2.45, 2.75) is 51.1 Å². The molecule has 30 heavy (non-hydrogen) atoms. The van der Waals surface area contributed by atoms with Gasteiger partial charge in [-0.2, -0.15) is 5.10 Å². The number of hydrogen-bond donors (Lipinski definition) is 0. The fourth-order valence-corrected chi connectivity index (χ4v) is 6.70. The zero-order valence-corrected chi connectivity index (χ0v) is 18.7. The molecule has 164 valence electrons. The minimum Gasteiger partial charge on any atom is -0.379 e. The quantitative estimate of drug-likeness (QED) is 0.719. The minimum atomic E-state index is 0.0300. The molecule has 3 unspecified atom stereocenters. The molecule has 1 aromatic heterocycles. The van der Waals surface area contributed by atoms with Crippen LogP contribution in [0.5, 0.6) is 0 Å². The van der Waals surface area contributed by atoms with Gasteiger partial charge in [0.05, 0.1) is 31.9 Å². The van der Waals surface area contributed by atoms with Gasteiger partial charge in [-0.05, 0) is 31.6 Å². The Hall–Kier alpha value is -1.31. The van der Waals surface area contributed by atoms with Crippen LogP contribution in [0.1, 0.15) is 44.1 Å². The average Bonchev–Trinajstić information content (AvgIpc) is 3.47. The second kappa shape index (κ2) is 9.45. The summed E-state index contributed by atoms with van der Waals surface area (Å²) >= 11 is 1.82. The van der Waals surface area contributed by atoms with Crippen LogP contribution < -0.4 is 0 Å². The first-order valence-electron chi connectivity index (χ1n) is 11.8. The third kappa shape index (κ3) is 4.48. The summed E-state index contributed by atoms with van der Waals surface area (Å²) in [5.74, 6) is 2.02. The summed E-state index contributed by atoms with van der Waals surface area (Å²) < 4.78 is 7.46. The van der Waals surface area contributed by atoms with Crippen molar-refractivity contribution in [1.29, 1.82) is 0 Å². The third-order valence-electron chi connectivity index (χ3n) is 7.28. The monoisotopic (exact) mass is 430 g/mol. The van der Waals surface area contributed by atoms with E-state index in [9.17, 15) is 4.79 Å². The molecule has 5 rings (SSSR count). The van der Waals surface area contributed by atoms with Crippen LogP contribution in [0.3, 0.4) is 0 Å². The van der Waals surface area contributed by atoms with Crippen LogP contribution in [0, 0.1) is 11.8 Å². The Labute approximate surface area is 184 Å². The molecule has 0 bridgehead atoms.